The lowest BCUT2D eigenvalue weighted by Crippen LogP contribution is -2.38. The van der Waals surface area contributed by atoms with Crippen LogP contribution in [-0.4, -0.2) is 79.7 Å². The van der Waals surface area contributed by atoms with E-state index in [0.29, 0.717) is 32.0 Å². The van der Waals surface area contributed by atoms with Gasteiger partial charge in [0.15, 0.2) is 0 Å². The standard InChI is InChI=1S/C23H29FN2O4/c24-19-2-1-3-21(14-19)30-23-17-26(16-22(23)27)15-18-4-6-20(7-5-18)29-13-10-25-8-11-28-12-9-25/h1-7,14,22-23,27H,8-13,15-17H2/t22-,23-/m0/s1. The number of morpholine rings is 1. The van der Waals surface area contributed by atoms with Crippen LogP contribution < -0.4 is 9.47 Å². The van der Waals surface area contributed by atoms with E-state index in [2.05, 4.69) is 21.9 Å². The average Bonchev–Trinajstić information content (AvgIpc) is 3.09. The van der Waals surface area contributed by atoms with Crippen LogP contribution in [0.1, 0.15) is 5.56 Å². The fourth-order valence-corrected chi connectivity index (χ4v) is 3.86. The van der Waals surface area contributed by atoms with Crippen molar-refractivity contribution in [3.8, 4) is 11.5 Å². The van der Waals surface area contributed by atoms with E-state index in [-0.39, 0.29) is 11.9 Å². The molecule has 0 unspecified atom stereocenters. The van der Waals surface area contributed by atoms with Crippen LogP contribution >= 0.6 is 0 Å². The quantitative estimate of drug-likeness (QED) is 0.712. The van der Waals surface area contributed by atoms with Gasteiger partial charge in [-0.1, -0.05) is 18.2 Å². The number of β-amino-alcohol motifs (C(OH)–C–C–N with tert-alkyl or cyclic N) is 1. The second-order valence-corrected chi connectivity index (χ2v) is 7.82. The summed E-state index contributed by atoms with van der Waals surface area (Å²) >= 11 is 0. The van der Waals surface area contributed by atoms with E-state index in [0.717, 1.165) is 44.2 Å². The number of nitrogens with zero attached hydrogens (tertiary/aromatic N) is 2. The molecule has 2 fully saturated rings. The van der Waals surface area contributed by atoms with Crippen molar-refractivity contribution in [2.75, 3.05) is 52.5 Å². The zero-order valence-electron chi connectivity index (χ0n) is 17.1. The highest BCUT2D eigenvalue weighted by molar-refractivity contribution is 5.27. The van der Waals surface area contributed by atoms with Gasteiger partial charge in [0, 0.05) is 45.3 Å². The minimum atomic E-state index is -0.601. The predicted octanol–water partition coefficient (Wildman–Crippen LogP) is 2.16. The molecule has 6 nitrogen and oxygen atoms in total. The Hall–Kier alpha value is -2.19. The molecular weight excluding hydrogens is 387 g/mol. The Labute approximate surface area is 176 Å². The molecule has 2 atom stereocenters. The first kappa shape index (κ1) is 21.1. The third-order valence-electron chi connectivity index (χ3n) is 5.51. The lowest BCUT2D eigenvalue weighted by molar-refractivity contribution is 0.0322. The molecule has 0 amide bonds. The van der Waals surface area contributed by atoms with Gasteiger partial charge in [0.25, 0.3) is 0 Å². The summed E-state index contributed by atoms with van der Waals surface area (Å²) < 4.78 is 30.3. The number of benzene rings is 2. The SMILES string of the molecule is O[C@H]1CN(Cc2ccc(OCCN3CCOCC3)cc2)C[C@@H]1Oc1cccc(F)c1. The third kappa shape index (κ3) is 5.92. The van der Waals surface area contributed by atoms with Crippen LogP contribution in [0.15, 0.2) is 48.5 Å². The Morgan fingerprint density at radius 2 is 1.80 bits per heavy atom. The molecule has 2 aromatic carbocycles. The van der Waals surface area contributed by atoms with Gasteiger partial charge in [-0.25, -0.2) is 4.39 Å². The van der Waals surface area contributed by atoms with Gasteiger partial charge in [-0.2, -0.15) is 0 Å². The van der Waals surface area contributed by atoms with Gasteiger partial charge in [0.1, 0.15) is 36.1 Å². The Morgan fingerprint density at radius 3 is 2.57 bits per heavy atom. The minimum Gasteiger partial charge on any atom is -0.492 e. The summed E-state index contributed by atoms with van der Waals surface area (Å²) in [4.78, 5) is 4.49. The average molecular weight is 416 g/mol. The van der Waals surface area contributed by atoms with E-state index >= 15 is 0 Å². The number of hydrogen-bond donors (Lipinski definition) is 1. The lowest BCUT2D eigenvalue weighted by atomic mass is 10.2. The number of halogens is 1. The highest BCUT2D eigenvalue weighted by atomic mass is 19.1. The summed E-state index contributed by atoms with van der Waals surface area (Å²) in [6.07, 6.45) is -0.967. The van der Waals surface area contributed by atoms with E-state index < -0.39 is 6.10 Å². The summed E-state index contributed by atoms with van der Waals surface area (Å²) in [5.74, 6) is 0.962. The van der Waals surface area contributed by atoms with Crippen molar-refractivity contribution in [3.05, 3.63) is 59.9 Å². The van der Waals surface area contributed by atoms with E-state index in [1.807, 2.05) is 12.1 Å². The molecule has 2 aliphatic rings. The molecule has 1 N–H and O–H groups in total. The van der Waals surface area contributed by atoms with E-state index in [9.17, 15) is 9.50 Å². The van der Waals surface area contributed by atoms with Gasteiger partial charge < -0.3 is 19.3 Å². The van der Waals surface area contributed by atoms with Crippen LogP contribution in [0, 0.1) is 5.82 Å². The van der Waals surface area contributed by atoms with Gasteiger partial charge in [-0.15, -0.1) is 0 Å². The Balaban J connectivity index is 1.22. The van der Waals surface area contributed by atoms with E-state index in [1.165, 1.54) is 12.1 Å². The Kier molecular flexibility index (Phi) is 7.17. The number of rotatable bonds is 8. The molecule has 0 radical (unpaired) electrons. The predicted molar refractivity (Wildman–Crippen MR) is 111 cm³/mol. The normalized spacial score (nSPS) is 22.9. The summed E-state index contributed by atoms with van der Waals surface area (Å²) in [5.41, 5.74) is 1.15. The molecular formula is C23H29FN2O4. The van der Waals surface area contributed by atoms with Crippen molar-refractivity contribution >= 4 is 0 Å². The van der Waals surface area contributed by atoms with Gasteiger partial charge in [0.2, 0.25) is 0 Å². The summed E-state index contributed by atoms with van der Waals surface area (Å²) in [6.45, 7) is 6.94. The molecule has 0 spiro atoms. The third-order valence-corrected chi connectivity index (χ3v) is 5.51. The van der Waals surface area contributed by atoms with Crippen LogP contribution in [-0.2, 0) is 11.3 Å². The van der Waals surface area contributed by atoms with Crippen molar-refractivity contribution in [1.82, 2.24) is 9.80 Å². The fraction of sp³-hybridized carbons (Fsp3) is 0.478. The number of hydrogen-bond acceptors (Lipinski definition) is 6. The van der Waals surface area contributed by atoms with Crippen LogP contribution in [0.4, 0.5) is 4.39 Å². The first-order valence-electron chi connectivity index (χ1n) is 10.5. The van der Waals surface area contributed by atoms with Gasteiger partial charge >= 0.3 is 0 Å². The summed E-state index contributed by atoms with van der Waals surface area (Å²) in [7, 11) is 0. The second-order valence-electron chi connectivity index (χ2n) is 7.82. The Bertz CT molecular complexity index is 798. The number of ether oxygens (including phenoxy) is 3. The fourth-order valence-electron chi connectivity index (χ4n) is 3.86. The molecule has 0 bridgehead atoms. The molecule has 0 saturated carbocycles. The zero-order valence-corrected chi connectivity index (χ0v) is 17.1. The van der Waals surface area contributed by atoms with Crippen molar-refractivity contribution in [2.24, 2.45) is 0 Å². The molecule has 2 aromatic rings. The van der Waals surface area contributed by atoms with Crippen LogP contribution in [0.3, 0.4) is 0 Å². The molecule has 0 aliphatic carbocycles. The molecule has 2 heterocycles. The van der Waals surface area contributed by atoms with Crippen molar-refractivity contribution < 1.29 is 23.7 Å². The molecule has 0 aromatic heterocycles. The molecule has 4 rings (SSSR count). The first-order chi connectivity index (χ1) is 14.7. The number of likely N-dealkylation sites (tertiary alicyclic amines) is 1. The maximum absolute atomic E-state index is 13.3. The lowest BCUT2D eigenvalue weighted by Gasteiger charge is -2.26. The van der Waals surface area contributed by atoms with E-state index in [4.69, 9.17) is 14.2 Å². The zero-order chi connectivity index (χ0) is 20.8. The molecule has 162 valence electrons. The molecule has 2 saturated heterocycles. The second kappa shape index (κ2) is 10.2. The molecule has 7 heteroatoms. The maximum Gasteiger partial charge on any atom is 0.138 e. The number of aliphatic hydroxyl groups is 1. The minimum absolute atomic E-state index is 0.343. The first-order valence-corrected chi connectivity index (χ1v) is 10.5. The largest absolute Gasteiger partial charge is 0.492 e. The van der Waals surface area contributed by atoms with Gasteiger partial charge in [0.05, 0.1) is 13.2 Å². The van der Waals surface area contributed by atoms with E-state index in [1.54, 1.807) is 12.1 Å². The highest BCUT2D eigenvalue weighted by Crippen LogP contribution is 2.22. The van der Waals surface area contributed by atoms with Crippen molar-refractivity contribution in [2.45, 2.75) is 18.8 Å². The van der Waals surface area contributed by atoms with Crippen LogP contribution in [0.5, 0.6) is 11.5 Å². The maximum atomic E-state index is 13.3. The molecule has 2 aliphatic heterocycles. The summed E-state index contributed by atoms with van der Waals surface area (Å²) in [5, 5.41) is 10.3. The van der Waals surface area contributed by atoms with Crippen LogP contribution in [0.25, 0.3) is 0 Å². The van der Waals surface area contributed by atoms with Crippen LogP contribution in [0.2, 0.25) is 0 Å². The Morgan fingerprint density at radius 1 is 1.00 bits per heavy atom. The van der Waals surface area contributed by atoms with Crippen molar-refractivity contribution in [1.29, 1.82) is 0 Å². The monoisotopic (exact) mass is 416 g/mol. The smallest absolute Gasteiger partial charge is 0.138 e. The number of aliphatic hydroxyl groups excluding tert-OH is 1. The topological polar surface area (TPSA) is 54.4 Å². The highest BCUT2D eigenvalue weighted by Gasteiger charge is 2.33. The van der Waals surface area contributed by atoms with Gasteiger partial charge in [-0.3, -0.25) is 9.80 Å². The summed E-state index contributed by atoms with van der Waals surface area (Å²) in [6, 6.07) is 14.1. The van der Waals surface area contributed by atoms with Gasteiger partial charge in [-0.05, 0) is 29.8 Å². The van der Waals surface area contributed by atoms with Crippen molar-refractivity contribution in [3.63, 3.8) is 0 Å². The molecule has 30 heavy (non-hydrogen) atoms.